The third kappa shape index (κ3) is 2.11. The maximum atomic E-state index is 11.9. The summed E-state index contributed by atoms with van der Waals surface area (Å²) in [5, 5.41) is 1.55. The maximum Gasteiger partial charge on any atom is 0.253 e. The van der Waals surface area contributed by atoms with Gasteiger partial charge < -0.3 is 4.90 Å². The molecule has 2 rings (SSSR count). The number of hydrogen-bond donors (Lipinski definition) is 0. The van der Waals surface area contributed by atoms with E-state index in [-0.39, 0.29) is 5.91 Å². The molecule has 0 N–H and O–H groups in total. The first-order valence-electron chi connectivity index (χ1n) is 5.30. The normalized spacial score (nSPS) is 10.6. The molecule has 0 aliphatic carbocycles. The Kier molecular flexibility index (Phi) is 3.03. The average molecular weight is 250 g/mol. The summed E-state index contributed by atoms with van der Waals surface area (Å²) in [6.45, 7) is 0. The average Bonchev–Trinajstić information content (AvgIpc) is 2.32. The maximum absolute atomic E-state index is 11.9. The molecule has 0 bridgehead atoms. The van der Waals surface area contributed by atoms with E-state index in [1.807, 2.05) is 42.1 Å². The second-order valence-electron chi connectivity index (χ2n) is 4.21. The summed E-state index contributed by atoms with van der Waals surface area (Å²) >= 11 is 6.15. The molecule has 17 heavy (non-hydrogen) atoms. The molecule has 0 saturated heterocycles. The predicted molar refractivity (Wildman–Crippen MR) is 68.2 cm³/mol. The molecule has 1 aromatic carbocycles. The van der Waals surface area contributed by atoms with Gasteiger partial charge in [0, 0.05) is 31.8 Å². The zero-order valence-corrected chi connectivity index (χ0v) is 10.8. The van der Waals surface area contributed by atoms with E-state index in [0.29, 0.717) is 10.6 Å². The van der Waals surface area contributed by atoms with Crippen LogP contribution in [0.2, 0.25) is 5.02 Å². The van der Waals surface area contributed by atoms with Crippen molar-refractivity contribution >= 4 is 28.4 Å². The number of pyridine rings is 1. The Morgan fingerprint density at radius 2 is 2.00 bits per heavy atom. The van der Waals surface area contributed by atoms with E-state index >= 15 is 0 Å². The Bertz CT molecular complexity index is 593. The summed E-state index contributed by atoms with van der Waals surface area (Å²) in [6.07, 6.45) is 1.90. The number of aryl methyl sites for hydroxylation is 1. The summed E-state index contributed by atoms with van der Waals surface area (Å²) in [7, 11) is 5.42. The Morgan fingerprint density at radius 3 is 2.65 bits per heavy atom. The van der Waals surface area contributed by atoms with Gasteiger partial charge in [0.15, 0.2) is 6.20 Å². The Balaban J connectivity index is 2.66. The molecule has 0 saturated carbocycles. The lowest BCUT2D eigenvalue weighted by Crippen LogP contribution is -2.28. The van der Waals surface area contributed by atoms with Gasteiger partial charge in [0.05, 0.1) is 10.4 Å². The van der Waals surface area contributed by atoms with Crippen molar-refractivity contribution in [3.63, 3.8) is 0 Å². The number of hydrogen-bond acceptors (Lipinski definition) is 1. The van der Waals surface area contributed by atoms with Gasteiger partial charge in [-0.3, -0.25) is 4.79 Å². The SMILES string of the molecule is CN(C)C(=O)c1ccc2c(c1)c(Cl)cc[n+]2C. The van der Waals surface area contributed by atoms with Gasteiger partial charge in [0.2, 0.25) is 5.52 Å². The summed E-state index contributed by atoms with van der Waals surface area (Å²) in [6, 6.07) is 7.40. The van der Waals surface area contributed by atoms with Crippen molar-refractivity contribution < 1.29 is 9.36 Å². The van der Waals surface area contributed by atoms with Crippen molar-refractivity contribution in [1.82, 2.24) is 4.90 Å². The van der Waals surface area contributed by atoms with Crippen molar-refractivity contribution in [3.8, 4) is 0 Å². The Morgan fingerprint density at radius 1 is 1.29 bits per heavy atom. The van der Waals surface area contributed by atoms with E-state index in [9.17, 15) is 4.79 Å². The van der Waals surface area contributed by atoms with E-state index in [4.69, 9.17) is 11.6 Å². The monoisotopic (exact) mass is 249 g/mol. The van der Waals surface area contributed by atoms with Crippen LogP contribution in [0.5, 0.6) is 0 Å². The fraction of sp³-hybridized carbons (Fsp3) is 0.231. The van der Waals surface area contributed by atoms with E-state index in [1.165, 1.54) is 0 Å². The highest BCUT2D eigenvalue weighted by Gasteiger charge is 2.13. The number of nitrogens with zero attached hydrogens (tertiary/aromatic N) is 2. The second kappa shape index (κ2) is 4.34. The summed E-state index contributed by atoms with van der Waals surface area (Å²) in [5.74, 6) is -0.0190. The van der Waals surface area contributed by atoms with Gasteiger partial charge in [-0.25, -0.2) is 4.57 Å². The summed E-state index contributed by atoms with van der Waals surface area (Å²) in [4.78, 5) is 13.4. The number of aromatic nitrogens is 1. The lowest BCUT2D eigenvalue weighted by molar-refractivity contribution is -0.644. The number of amides is 1. The van der Waals surface area contributed by atoms with E-state index < -0.39 is 0 Å². The largest absolute Gasteiger partial charge is 0.345 e. The minimum Gasteiger partial charge on any atom is -0.345 e. The van der Waals surface area contributed by atoms with Gasteiger partial charge in [-0.1, -0.05) is 11.6 Å². The van der Waals surface area contributed by atoms with Crippen molar-refractivity contribution in [1.29, 1.82) is 0 Å². The molecule has 0 radical (unpaired) electrons. The van der Waals surface area contributed by atoms with Crippen molar-refractivity contribution in [3.05, 3.63) is 41.0 Å². The number of carbonyl (C=O) groups excluding carboxylic acids is 1. The quantitative estimate of drug-likeness (QED) is 0.710. The van der Waals surface area contributed by atoms with Gasteiger partial charge in [0.25, 0.3) is 5.91 Å². The van der Waals surface area contributed by atoms with Gasteiger partial charge in [-0.2, -0.15) is 0 Å². The molecule has 3 nitrogen and oxygen atoms in total. The smallest absolute Gasteiger partial charge is 0.253 e. The zero-order chi connectivity index (χ0) is 12.6. The van der Waals surface area contributed by atoms with Crippen LogP contribution in [0.3, 0.4) is 0 Å². The van der Waals surface area contributed by atoms with Crippen LogP contribution >= 0.6 is 11.6 Å². The first kappa shape index (κ1) is 11.9. The number of fused-ring (bicyclic) bond motifs is 1. The highest BCUT2D eigenvalue weighted by Crippen LogP contribution is 2.21. The fourth-order valence-electron chi connectivity index (χ4n) is 1.77. The lowest BCUT2D eigenvalue weighted by Gasteiger charge is -2.10. The topological polar surface area (TPSA) is 24.2 Å². The molecule has 0 atom stereocenters. The number of halogens is 1. The predicted octanol–water partition coefficient (Wildman–Crippen LogP) is 2.02. The molecule has 0 aliphatic heterocycles. The zero-order valence-electron chi connectivity index (χ0n) is 10.1. The molecule has 4 heteroatoms. The molecule has 0 spiro atoms. The van der Waals surface area contributed by atoms with Crippen molar-refractivity contribution in [2.24, 2.45) is 7.05 Å². The van der Waals surface area contributed by atoms with Crippen LogP contribution in [-0.4, -0.2) is 24.9 Å². The second-order valence-corrected chi connectivity index (χ2v) is 4.61. The van der Waals surface area contributed by atoms with Crippen LogP contribution < -0.4 is 4.57 Å². The molecular formula is C13H14ClN2O+. The Labute approximate surface area is 105 Å². The van der Waals surface area contributed by atoms with E-state index in [2.05, 4.69) is 0 Å². The lowest BCUT2D eigenvalue weighted by atomic mass is 10.1. The van der Waals surface area contributed by atoms with Crippen LogP contribution in [0.25, 0.3) is 10.9 Å². The third-order valence-corrected chi connectivity index (χ3v) is 3.06. The summed E-state index contributed by atoms with van der Waals surface area (Å²) < 4.78 is 1.98. The van der Waals surface area contributed by atoms with Crippen molar-refractivity contribution in [2.75, 3.05) is 14.1 Å². The van der Waals surface area contributed by atoms with Crippen LogP contribution in [-0.2, 0) is 7.05 Å². The van der Waals surface area contributed by atoms with Crippen LogP contribution in [0.15, 0.2) is 30.5 Å². The van der Waals surface area contributed by atoms with Crippen LogP contribution in [0.4, 0.5) is 0 Å². The van der Waals surface area contributed by atoms with Crippen LogP contribution in [0, 0.1) is 0 Å². The molecule has 88 valence electrons. The number of carbonyl (C=O) groups is 1. The molecule has 2 aromatic rings. The van der Waals surface area contributed by atoms with E-state index in [0.717, 1.165) is 10.9 Å². The standard InChI is InChI=1S/C13H14ClN2O/c1-15(2)13(17)9-4-5-12-10(8-9)11(14)6-7-16(12)3/h4-8H,1-3H3/q+1. The molecule has 0 fully saturated rings. The van der Waals surface area contributed by atoms with Crippen LogP contribution in [0.1, 0.15) is 10.4 Å². The summed E-state index contributed by atoms with van der Waals surface area (Å²) in [5.41, 5.74) is 1.66. The first-order valence-corrected chi connectivity index (χ1v) is 5.68. The van der Waals surface area contributed by atoms with Gasteiger partial charge in [-0.15, -0.1) is 0 Å². The third-order valence-electron chi connectivity index (χ3n) is 2.73. The first-order chi connectivity index (χ1) is 8.00. The molecule has 0 aliphatic rings. The Hall–Kier alpha value is -1.61. The van der Waals surface area contributed by atoms with Gasteiger partial charge >= 0.3 is 0 Å². The molecule has 1 aromatic heterocycles. The molecule has 1 heterocycles. The fourth-order valence-corrected chi connectivity index (χ4v) is 1.98. The number of rotatable bonds is 1. The van der Waals surface area contributed by atoms with E-state index in [1.54, 1.807) is 19.0 Å². The van der Waals surface area contributed by atoms with Gasteiger partial charge in [-0.05, 0) is 12.1 Å². The minimum atomic E-state index is -0.0190. The molecular weight excluding hydrogens is 236 g/mol. The minimum absolute atomic E-state index is 0.0190. The highest BCUT2D eigenvalue weighted by molar-refractivity contribution is 6.35. The highest BCUT2D eigenvalue weighted by atomic mass is 35.5. The molecule has 1 amide bonds. The van der Waals surface area contributed by atoms with Gasteiger partial charge in [0.1, 0.15) is 7.05 Å². The van der Waals surface area contributed by atoms with Crippen molar-refractivity contribution in [2.45, 2.75) is 0 Å². The molecule has 0 unspecified atom stereocenters. The number of benzene rings is 1.